The second-order valence-electron chi connectivity index (χ2n) is 5.34. The molecule has 2 aromatic carbocycles. The molecule has 136 valence electrons. The summed E-state index contributed by atoms with van der Waals surface area (Å²) in [5, 5.41) is 0. The number of ether oxygens (including phenoxy) is 1. The Morgan fingerprint density at radius 1 is 1.15 bits per heavy atom. The molecule has 10 heteroatoms. The fraction of sp³-hybridized carbons (Fsp3) is 0.125. The normalized spacial score (nSPS) is 13.7. The molecule has 0 aliphatic carbocycles. The highest BCUT2D eigenvalue weighted by molar-refractivity contribution is 7.89. The standard InChI is InChI=1S/C16H14FN3O5S/c17-11-5-7-12(8-6-11)26(23,24)19-18-15(21)9-20-13-3-1-2-4-14(13)25-10-16(20)22/h1-8,19H,9-10H2,(H,18,21). The molecule has 8 nitrogen and oxygen atoms in total. The lowest BCUT2D eigenvalue weighted by Crippen LogP contribution is -2.49. The maximum Gasteiger partial charge on any atom is 0.265 e. The van der Waals surface area contributed by atoms with E-state index in [1.807, 2.05) is 10.3 Å². The zero-order valence-electron chi connectivity index (χ0n) is 13.3. The van der Waals surface area contributed by atoms with Gasteiger partial charge in [-0.3, -0.25) is 19.9 Å². The number of sulfonamides is 1. The first-order valence-electron chi connectivity index (χ1n) is 7.45. The Hall–Kier alpha value is -2.98. The van der Waals surface area contributed by atoms with Gasteiger partial charge in [-0.15, -0.1) is 4.83 Å². The van der Waals surface area contributed by atoms with E-state index in [9.17, 15) is 22.4 Å². The summed E-state index contributed by atoms with van der Waals surface area (Å²) in [4.78, 5) is 26.9. The molecule has 26 heavy (non-hydrogen) atoms. The first-order chi connectivity index (χ1) is 12.4. The molecule has 0 radical (unpaired) electrons. The molecule has 2 aromatic rings. The van der Waals surface area contributed by atoms with Crippen LogP contribution in [0.1, 0.15) is 0 Å². The number of carbonyl (C=O) groups excluding carboxylic acids is 2. The average Bonchev–Trinajstić information content (AvgIpc) is 2.63. The van der Waals surface area contributed by atoms with Gasteiger partial charge in [0.25, 0.3) is 21.8 Å². The SMILES string of the molecule is O=C(CN1C(=O)COc2ccccc21)NNS(=O)(=O)c1ccc(F)cc1. The summed E-state index contributed by atoms with van der Waals surface area (Å²) in [5.41, 5.74) is 2.45. The van der Waals surface area contributed by atoms with Crippen LogP contribution < -0.4 is 19.9 Å². The largest absolute Gasteiger partial charge is 0.482 e. The number of anilines is 1. The van der Waals surface area contributed by atoms with E-state index in [4.69, 9.17) is 4.74 Å². The average molecular weight is 379 g/mol. The Morgan fingerprint density at radius 3 is 2.58 bits per heavy atom. The minimum Gasteiger partial charge on any atom is -0.482 e. The molecule has 1 heterocycles. The number of fused-ring (bicyclic) bond motifs is 1. The molecule has 2 amide bonds. The minimum atomic E-state index is -4.06. The number of hydrogen-bond acceptors (Lipinski definition) is 5. The van der Waals surface area contributed by atoms with Gasteiger partial charge in [-0.1, -0.05) is 12.1 Å². The lowest BCUT2D eigenvalue weighted by atomic mass is 10.2. The molecule has 0 aromatic heterocycles. The summed E-state index contributed by atoms with van der Waals surface area (Å²) in [6.45, 7) is -0.614. The number of carbonyl (C=O) groups is 2. The van der Waals surface area contributed by atoms with Crippen LogP contribution in [0.2, 0.25) is 0 Å². The number of para-hydroxylation sites is 2. The highest BCUT2D eigenvalue weighted by Crippen LogP contribution is 2.31. The van der Waals surface area contributed by atoms with Crippen LogP contribution in [-0.4, -0.2) is 33.4 Å². The van der Waals surface area contributed by atoms with E-state index in [1.165, 1.54) is 4.90 Å². The molecule has 1 aliphatic heterocycles. The Labute approximate surface area is 148 Å². The third kappa shape index (κ3) is 3.81. The number of rotatable bonds is 5. The molecule has 0 spiro atoms. The lowest BCUT2D eigenvalue weighted by molar-refractivity contribution is -0.125. The second kappa shape index (κ2) is 7.10. The van der Waals surface area contributed by atoms with E-state index in [0.29, 0.717) is 11.4 Å². The highest BCUT2D eigenvalue weighted by atomic mass is 32.2. The lowest BCUT2D eigenvalue weighted by Gasteiger charge is -2.28. The van der Waals surface area contributed by atoms with E-state index in [2.05, 4.69) is 0 Å². The Balaban J connectivity index is 1.66. The van der Waals surface area contributed by atoms with Gasteiger partial charge < -0.3 is 4.74 Å². The molecule has 1 aliphatic rings. The van der Waals surface area contributed by atoms with Crippen molar-refractivity contribution in [1.82, 2.24) is 10.3 Å². The number of hydrazine groups is 1. The van der Waals surface area contributed by atoms with Crippen molar-refractivity contribution in [2.45, 2.75) is 4.90 Å². The smallest absolute Gasteiger partial charge is 0.265 e. The van der Waals surface area contributed by atoms with Crippen LogP contribution in [0.3, 0.4) is 0 Å². The number of nitrogens with zero attached hydrogens (tertiary/aromatic N) is 1. The van der Waals surface area contributed by atoms with Crippen LogP contribution in [0, 0.1) is 5.82 Å². The summed E-state index contributed by atoms with van der Waals surface area (Å²) < 4.78 is 42.2. The summed E-state index contributed by atoms with van der Waals surface area (Å²) in [6, 6.07) is 10.8. The predicted octanol–water partition coefficient (Wildman–Crippen LogP) is 0.561. The molecular weight excluding hydrogens is 365 g/mol. The van der Waals surface area contributed by atoms with Crippen LogP contribution >= 0.6 is 0 Å². The van der Waals surface area contributed by atoms with E-state index < -0.39 is 34.2 Å². The van der Waals surface area contributed by atoms with Gasteiger partial charge in [0.15, 0.2) is 6.61 Å². The monoisotopic (exact) mass is 379 g/mol. The van der Waals surface area contributed by atoms with Crippen molar-refractivity contribution in [1.29, 1.82) is 0 Å². The van der Waals surface area contributed by atoms with E-state index in [0.717, 1.165) is 24.3 Å². The van der Waals surface area contributed by atoms with Gasteiger partial charge in [0, 0.05) is 0 Å². The van der Waals surface area contributed by atoms with Gasteiger partial charge >= 0.3 is 0 Å². The van der Waals surface area contributed by atoms with Crippen molar-refractivity contribution in [2.75, 3.05) is 18.1 Å². The van der Waals surface area contributed by atoms with Crippen LogP contribution in [-0.2, 0) is 19.6 Å². The van der Waals surface area contributed by atoms with Crippen molar-refractivity contribution >= 4 is 27.5 Å². The molecule has 2 N–H and O–H groups in total. The van der Waals surface area contributed by atoms with Crippen molar-refractivity contribution in [3.8, 4) is 5.75 Å². The van der Waals surface area contributed by atoms with Crippen molar-refractivity contribution in [2.24, 2.45) is 0 Å². The van der Waals surface area contributed by atoms with Gasteiger partial charge in [-0.25, -0.2) is 12.8 Å². The first kappa shape index (κ1) is 17.8. The van der Waals surface area contributed by atoms with Gasteiger partial charge in [-0.05, 0) is 36.4 Å². The Bertz CT molecular complexity index is 947. The minimum absolute atomic E-state index is 0.216. The van der Waals surface area contributed by atoms with E-state index >= 15 is 0 Å². The molecule has 0 unspecified atom stereocenters. The Morgan fingerprint density at radius 2 is 1.85 bits per heavy atom. The zero-order valence-corrected chi connectivity index (χ0v) is 14.1. The first-order valence-corrected chi connectivity index (χ1v) is 8.93. The molecular formula is C16H14FN3O5S. The quantitative estimate of drug-likeness (QED) is 0.739. The van der Waals surface area contributed by atoms with E-state index in [-0.39, 0.29) is 11.5 Å². The number of hydrogen-bond donors (Lipinski definition) is 2. The summed E-state index contributed by atoms with van der Waals surface area (Å²) >= 11 is 0. The van der Waals surface area contributed by atoms with Gasteiger partial charge in [0.05, 0.1) is 10.6 Å². The number of amides is 2. The fourth-order valence-corrected chi connectivity index (χ4v) is 3.17. The number of halogens is 1. The van der Waals surface area contributed by atoms with Gasteiger partial charge in [-0.2, -0.15) is 0 Å². The molecule has 3 rings (SSSR count). The topological polar surface area (TPSA) is 105 Å². The fourth-order valence-electron chi connectivity index (χ4n) is 2.31. The molecule has 0 saturated heterocycles. The maximum atomic E-state index is 12.9. The Kier molecular flexibility index (Phi) is 4.87. The third-order valence-corrected chi connectivity index (χ3v) is 4.82. The summed E-state index contributed by atoms with van der Waals surface area (Å²) in [5.74, 6) is -1.31. The van der Waals surface area contributed by atoms with Gasteiger partial charge in [0.2, 0.25) is 0 Å². The molecule has 0 fully saturated rings. The van der Waals surface area contributed by atoms with Crippen molar-refractivity contribution in [3.63, 3.8) is 0 Å². The third-order valence-electron chi connectivity index (χ3n) is 3.56. The number of benzene rings is 2. The molecule has 0 saturated carbocycles. The highest BCUT2D eigenvalue weighted by Gasteiger charge is 2.27. The predicted molar refractivity (Wildman–Crippen MR) is 89.2 cm³/mol. The summed E-state index contributed by atoms with van der Waals surface area (Å²) in [6.07, 6.45) is 0. The summed E-state index contributed by atoms with van der Waals surface area (Å²) in [7, 11) is -4.06. The van der Waals surface area contributed by atoms with E-state index in [1.54, 1.807) is 24.3 Å². The van der Waals surface area contributed by atoms with Crippen molar-refractivity contribution in [3.05, 3.63) is 54.3 Å². The molecule has 0 bridgehead atoms. The van der Waals surface area contributed by atoms with Crippen LogP contribution in [0.25, 0.3) is 0 Å². The number of nitrogens with one attached hydrogen (secondary N) is 2. The zero-order chi connectivity index (χ0) is 18.7. The van der Waals surface area contributed by atoms with Gasteiger partial charge in [0.1, 0.15) is 18.1 Å². The van der Waals surface area contributed by atoms with Crippen LogP contribution in [0.5, 0.6) is 5.75 Å². The maximum absolute atomic E-state index is 12.9. The second-order valence-corrected chi connectivity index (χ2v) is 7.03. The van der Waals surface area contributed by atoms with Crippen molar-refractivity contribution < 1.29 is 27.1 Å². The molecule has 0 atom stereocenters. The van der Waals surface area contributed by atoms with Crippen LogP contribution in [0.15, 0.2) is 53.4 Å². The van der Waals surface area contributed by atoms with Crippen LogP contribution in [0.4, 0.5) is 10.1 Å².